The van der Waals surface area contributed by atoms with E-state index in [0.717, 1.165) is 10.9 Å². The van der Waals surface area contributed by atoms with Gasteiger partial charge in [-0.15, -0.1) is 12.4 Å². The first-order chi connectivity index (χ1) is 4.88. The number of anilines is 1. The fourth-order valence-electron chi connectivity index (χ4n) is 0.985. The number of hydrogen-bond acceptors (Lipinski definition) is 2. The number of nitrogens with one attached hydrogen (secondary N) is 1. The Morgan fingerprint density at radius 3 is 2.73 bits per heavy atom. The topological polar surface area (TPSA) is 54.7 Å². The van der Waals surface area contributed by atoms with Gasteiger partial charge in [-0.2, -0.15) is 5.10 Å². The van der Waals surface area contributed by atoms with E-state index in [0.29, 0.717) is 5.82 Å². The van der Waals surface area contributed by atoms with Crippen molar-refractivity contribution in [3.05, 3.63) is 24.3 Å². The average molecular weight is 170 g/mol. The van der Waals surface area contributed by atoms with E-state index in [9.17, 15) is 0 Å². The van der Waals surface area contributed by atoms with E-state index in [2.05, 4.69) is 10.2 Å². The number of aromatic amines is 1. The molecule has 0 aliphatic heterocycles. The maximum atomic E-state index is 5.53. The minimum Gasteiger partial charge on any atom is -0.382 e. The number of para-hydroxylation sites is 1. The maximum absolute atomic E-state index is 5.53. The van der Waals surface area contributed by atoms with Gasteiger partial charge in [0.05, 0.1) is 5.52 Å². The number of aromatic nitrogens is 2. The van der Waals surface area contributed by atoms with Gasteiger partial charge in [0, 0.05) is 5.39 Å². The molecule has 1 aromatic heterocycles. The molecule has 4 heteroatoms. The van der Waals surface area contributed by atoms with Crippen LogP contribution in [0.1, 0.15) is 0 Å². The van der Waals surface area contributed by atoms with Crippen LogP contribution in [0.25, 0.3) is 10.9 Å². The number of nitrogen functional groups attached to an aromatic ring is 1. The largest absolute Gasteiger partial charge is 0.382 e. The Labute approximate surface area is 70.0 Å². The summed E-state index contributed by atoms with van der Waals surface area (Å²) in [6.07, 6.45) is 0. The molecule has 0 saturated heterocycles. The van der Waals surface area contributed by atoms with Crippen molar-refractivity contribution < 1.29 is 0 Å². The van der Waals surface area contributed by atoms with Gasteiger partial charge in [-0.05, 0) is 12.1 Å². The highest BCUT2D eigenvalue weighted by Crippen LogP contribution is 2.15. The molecule has 3 nitrogen and oxygen atoms in total. The molecule has 0 fully saturated rings. The van der Waals surface area contributed by atoms with Crippen molar-refractivity contribution in [1.29, 1.82) is 0 Å². The average Bonchev–Trinajstić information content (AvgIpc) is 2.34. The molecule has 3 N–H and O–H groups in total. The van der Waals surface area contributed by atoms with Gasteiger partial charge >= 0.3 is 0 Å². The molecule has 11 heavy (non-hydrogen) atoms. The Kier molecular flexibility index (Phi) is 2.01. The smallest absolute Gasteiger partial charge is 0.153 e. The Hall–Kier alpha value is -1.22. The van der Waals surface area contributed by atoms with E-state index >= 15 is 0 Å². The second-order valence-electron chi connectivity index (χ2n) is 2.15. The molecule has 0 spiro atoms. The molecule has 0 aliphatic rings. The van der Waals surface area contributed by atoms with Crippen LogP contribution < -0.4 is 5.73 Å². The first kappa shape index (κ1) is 7.88. The molecule has 0 radical (unpaired) electrons. The van der Waals surface area contributed by atoms with Crippen LogP contribution in [-0.4, -0.2) is 10.2 Å². The highest BCUT2D eigenvalue weighted by Gasteiger charge is 1.97. The van der Waals surface area contributed by atoms with Gasteiger partial charge in [0.2, 0.25) is 0 Å². The van der Waals surface area contributed by atoms with Gasteiger partial charge < -0.3 is 5.73 Å². The number of H-pyrrole nitrogens is 1. The molecule has 58 valence electrons. The standard InChI is InChI=1S/C7H7N3.ClH/c8-7-5-3-1-2-4-6(5)9-10-7;/h1-4H,(H3,8,9,10);1H. The number of nitrogens with zero attached hydrogens (tertiary/aromatic N) is 1. The molecule has 0 atom stereocenters. The lowest BCUT2D eigenvalue weighted by molar-refractivity contribution is 1.13. The second kappa shape index (κ2) is 2.80. The van der Waals surface area contributed by atoms with Crippen molar-refractivity contribution in [1.82, 2.24) is 10.2 Å². The van der Waals surface area contributed by atoms with E-state index in [-0.39, 0.29) is 12.4 Å². The molecule has 2 aromatic rings. The summed E-state index contributed by atoms with van der Waals surface area (Å²) in [5, 5.41) is 7.65. The minimum absolute atomic E-state index is 0. The molecular weight excluding hydrogens is 162 g/mol. The van der Waals surface area contributed by atoms with E-state index in [1.807, 2.05) is 24.3 Å². The van der Waals surface area contributed by atoms with Crippen molar-refractivity contribution in [3.63, 3.8) is 0 Å². The third-order valence-corrected chi connectivity index (χ3v) is 1.50. The fraction of sp³-hybridized carbons (Fsp3) is 0. The van der Waals surface area contributed by atoms with Crippen LogP contribution in [0.2, 0.25) is 0 Å². The monoisotopic (exact) mass is 169 g/mol. The lowest BCUT2D eigenvalue weighted by Gasteiger charge is -1.84. The van der Waals surface area contributed by atoms with Crippen LogP contribution >= 0.6 is 12.4 Å². The molecule has 0 bridgehead atoms. The van der Waals surface area contributed by atoms with Crippen molar-refractivity contribution >= 4 is 29.1 Å². The van der Waals surface area contributed by atoms with Crippen LogP contribution in [0, 0.1) is 0 Å². The Bertz CT molecular complexity index is 355. The van der Waals surface area contributed by atoms with E-state index < -0.39 is 0 Å². The predicted molar refractivity (Wildman–Crippen MR) is 47.8 cm³/mol. The normalized spacial score (nSPS) is 9.45. The summed E-state index contributed by atoms with van der Waals surface area (Å²) in [6, 6.07) is 7.76. The molecule has 0 aliphatic carbocycles. The number of fused-ring (bicyclic) bond motifs is 1. The van der Waals surface area contributed by atoms with Crippen molar-refractivity contribution in [2.45, 2.75) is 0 Å². The molecule has 1 aromatic carbocycles. The van der Waals surface area contributed by atoms with Gasteiger partial charge in [-0.3, -0.25) is 5.10 Å². The summed E-state index contributed by atoms with van der Waals surface area (Å²) in [7, 11) is 0. The lowest BCUT2D eigenvalue weighted by Crippen LogP contribution is -1.82. The quantitative estimate of drug-likeness (QED) is 0.629. The third-order valence-electron chi connectivity index (χ3n) is 1.50. The fourth-order valence-corrected chi connectivity index (χ4v) is 0.985. The molecule has 1 heterocycles. The summed E-state index contributed by atoms with van der Waals surface area (Å²) >= 11 is 0. The van der Waals surface area contributed by atoms with Crippen LogP contribution in [0.15, 0.2) is 24.3 Å². The minimum atomic E-state index is 0. The van der Waals surface area contributed by atoms with Crippen LogP contribution in [0.5, 0.6) is 0 Å². The number of rotatable bonds is 0. The number of hydrogen-bond donors (Lipinski definition) is 2. The third kappa shape index (κ3) is 1.14. The highest BCUT2D eigenvalue weighted by molar-refractivity contribution is 5.88. The molecule has 0 unspecified atom stereocenters. The zero-order valence-electron chi connectivity index (χ0n) is 5.74. The predicted octanol–water partition coefficient (Wildman–Crippen LogP) is 1.57. The summed E-state index contributed by atoms with van der Waals surface area (Å²) in [5.41, 5.74) is 6.52. The van der Waals surface area contributed by atoms with Crippen LogP contribution in [0.3, 0.4) is 0 Å². The summed E-state index contributed by atoms with van der Waals surface area (Å²) < 4.78 is 0. The van der Waals surface area contributed by atoms with Crippen LogP contribution in [-0.2, 0) is 0 Å². The van der Waals surface area contributed by atoms with Gasteiger partial charge in [-0.1, -0.05) is 12.1 Å². The van der Waals surface area contributed by atoms with Gasteiger partial charge in [0.25, 0.3) is 0 Å². The van der Waals surface area contributed by atoms with Gasteiger partial charge in [0.1, 0.15) is 0 Å². The van der Waals surface area contributed by atoms with E-state index in [4.69, 9.17) is 5.73 Å². The van der Waals surface area contributed by atoms with Crippen LogP contribution in [0.4, 0.5) is 5.82 Å². The van der Waals surface area contributed by atoms with Gasteiger partial charge in [0.15, 0.2) is 5.82 Å². The summed E-state index contributed by atoms with van der Waals surface area (Å²) in [4.78, 5) is 0. The summed E-state index contributed by atoms with van der Waals surface area (Å²) in [6.45, 7) is 0. The number of benzene rings is 1. The molecule has 2 rings (SSSR count). The first-order valence-electron chi connectivity index (χ1n) is 3.06. The van der Waals surface area contributed by atoms with E-state index in [1.54, 1.807) is 0 Å². The Morgan fingerprint density at radius 1 is 1.27 bits per heavy atom. The SMILES string of the molecule is Cl.Nc1n[nH]c2ccccc12. The zero-order valence-corrected chi connectivity index (χ0v) is 6.56. The van der Waals surface area contributed by atoms with Crippen molar-refractivity contribution in [2.75, 3.05) is 5.73 Å². The number of nitrogens with two attached hydrogens (primary N) is 1. The summed E-state index contributed by atoms with van der Waals surface area (Å²) in [5.74, 6) is 0.565. The number of halogens is 1. The van der Waals surface area contributed by atoms with Gasteiger partial charge in [-0.25, -0.2) is 0 Å². The maximum Gasteiger partial charge on any atom is 0.153 e. The lowest BCUT2D eigenvalue weighted by atomic mass is 10.2. The molecule has 0 saturated carbocycles. The molecular formula is C7H8ClN3. The Balaban J connectivity index is 0.000000605. The second-order valence-corrected chi connectivity index (χ2v) is 2.15. The first-order valence-corrected chi connectivity index (χ1v) is 3.06. The van der Waals surface area contributed by atoms with Crippen molar-refractivity contribution in [3.8, 4) is 0 Å². The highest BCUT2D eigenvalue weighted by atomic mass is 35.5. The Morgan fingerprint density at radius 2 is 2.00 bits per heavy atom. The van der Waals surface area contributed by atoms with Crippen molar-refractivity contribution in [2.24, 2.45) is 0 Å². The molecule has 0 amide bonds. The zero-order chi connectivity index (χ0) is 6.97. The van der Waals surface area contributed by atoms with E-state index in [1.165, 1.54) is 0 Å².